The number of aryl methyl sites for hydroxylation is 4. The third-order valence-electron chi connectivity index (χ3n) is 14.3. The summed E-state index contributed by atoms with van der Waals surface area (Å²) in [6.07, 6.45) is 4.30. The molecule has 4 heteroatoms. The predicted molar refractivity (Wildman–Crippen MR) is 272 cm³/mol. The van der Waals surface area contributed by atoms with E-state index in [0.29, 0.717) is 23.0 Å². The molecule has 0 radical (unpaired) electrons. The van der Waals surface area contributed by atoms with Crippen LogP contribution in [0.2, 0.25) is 0 Å². The van der Waals surface area contributed by atoms with Crippen LogP contribution in [-0.4, -0.2) is 0 Å². The summed E-state index contributed by atoms with van der Waals surface area (Å²) >= 11 is 0. The number of anilines is 6. The molecule has 2 unspecified atom stereocenters. The number of nitriles is 2. The second-order valence-electron chi connectivity index (χ2n) is 19.5. The molecule has 0 fully saturated rings. The van der Waals surface area contributed by atoms with Crippen molar-refractivity contribution in [2.45, 2.75) is 73.1 Å². The summed E-state index contributed by atoms with van der Waals surface area (Å²) in [6, 6.07) is 54.6. The molecule has 7 aromatic rings. The van der Waals surface area contributed by atoms with Crippen LogP contribution in [0.25, 0.3) is 22.3 Å². The first-order valence-electron chi connectivity index (χ1n) is 23.3. The van der Waals surface area contributed by atoms with E-state index in [0.717, 1.165) is 83.5 Å². The van der Waals surface area contributed by atoms with Crippen molar-refractivity contribution in [1.82, 2.24) is 0 Å². The molecule has 0 amide bonds. The SMILES string of the molecule is Cc1cc(C)cc(N(c2ccc(C(C)C)cc2)c2ccc3c(c2)-c2ccc(C#N)c4c2=C3C2=C(C#N)C=CC3c5cc(N(c6ccc(C(C)C)cc6)c6cc(C)cc(C)c6)ccc5C=4C23)c1. The zero-order chi connectivity index (χ0) is 45.7. The highest BCUT2D eigenvalue weighted by Crippen LogP contribution is 2.58. The second kappa shape index (κ2) is 15.5. The maximum absolute atomic E-state index is 11.0. The van der Waals surface area contributed by atoms with E-state index >= 15 is 0 Å². The van der Waals surface area contributed by atoms with E-state index in [4.69, 9.17) is 0 Å². The molecule has 0 saturated heterocycles. The average molecular weight is 853 g/mol. The molecule has 4 aliphatic carbocycles. The lowest BCUT2D eigenvalue weighted by Gasteiger charge is -2.31. The second-order valence-corrected chi connectivity index (χ2v) is 19.5. The molecular weight excluding hydrogens is 801 g/mol. The van der Waals surface area contributed by atoms with Crippen LogP contribution in [-0.2, 0) is 0 Å². The molecule has 320 valence electrons. The minimum absolute atomic E-state index is 0.0144. The molecule has 11 rings (SSSR count). The van der Waals surface area contributed by atoms with Gasteiger partial charge in [0.25, 0.3) is 0 Å². The summed E-state index contributed by atoms with van der Waals surface area (Å²) in [5.74, 6) is 0.734. The molecule has 0 aliphatic heterocycles. The molecule has 0 bridgehead atoms. The Hall–Kier alpha value is -7.66. The van der Waals surface area contributed by atoms with E-state index in [1.807, 2.05) is 6.07 Å². The van der Waals surface area contributed by atoms with Gasteiger partial charge in [0.2, 0.25) is 0 Å². The zero-order valence-corrected chi connectivity index (χ0v) is 39.0. The third kappa shape index (κ3) is 6.39. The van der Waals surface area contributed by atoms with Gasteiger partial charge in [0.15, 0.2) is 0 Å². The van der Waals surface area contributed by atoms with Gasteiger partial charge in [-0.1, -0.05) is 88.4 Å². The molecule has 2 atom stereocenters. The van der Waals surface area contributed by atoms with Crippen LogP contribution in [0.15, 0.2) is 157 Å². The number of fused-ring (bicyclic) bond motifs is 7. The van der Waals surface area contributed by atoms with Gasteiger partial charge in [0.05, 0.1) is 23.3 Å². The van der Waals surface area contributed by atoms with Gasteiger partial charge in [0, 0.05) is 51.2 Å². The molecule has 4 aliphatic rings. The normalized spacial score (nSPS) is 15.9. The maximum atomic E-state index is 11.0. The Kier molecular flexibility index (Phi) is 9.65. The molecule has 0 N–H and O–H groups in total. The molecule has 4 nitrogen and oxygen atoms in total. The average Bonchev–Trinajstić information content (AvgIpc) is 3.81. The van der Waals surface area contributed by atoms with Crippen molar-refractivity contribution in [3.05, 3.63) is 223 Å². The van der Waals surface area contributed by atoms with Gasteiger partial charge in [-0.15, -0.1) is 0 Å². The van der Waals surface area contributed by atoms with Crippen LogP contribution in [0, 0.1) is 56.3 Å². The molecule has 0 heterocycles. The fourth-order valence-corrected chi connectivity index (χ4v) is 11.5. The Bertz CT molecular complexity index is 3450. The molecule has 7 aromatic carbocycles. The minimum atomic E-state index is -0.114. The summed E-state index contributed by atoms with van der Waals surface area (Å²) in [4.78, 5) is 4.74. The van der Waals surface area contributed by atoms with E-state index in [9.17, 15) is 10.5 Å². The van der Waals surface area contributed by atoms with Gasteiger partial charge >= 0.3 is 0 Å². The number of allylic oxidation sites excluding steroid dienone is 4. The summed E-state index contributed by atoms with van der Waals surface area (Å²) < 4.78 is 0. The minimum Gasteiger partial charge on any atom is -0.310 e. The first kappa shape index (κ1) is 41.1. The lowest BCUT2D eigenvalue weighted by atomic mass is 9.71. The van der Waals surface area contributed by atoms with Gasteiger partial charge in [-0.2, -0.15) is 10.5 Å². The van der Waals surface area contributed by atoms with Crippen LogP contribution in [0.4, 0.5) is 34.1 Å². The van der Waals surface area contributed by atoms with Crippen molar-refractivity contribution in [3.63, 3.8) is 0 Å². The maximum Gasteiger partial charge on any atom is 0.0998 e. The van der Waals surface area contributed by atoms with Crippen molar-refractivity contribution in [1.29, 1.82) is 10.5 Å². The van der Waals surface area contributed by atoms with Gasteiger partial charge in [-0.25, -0.2) is 0 Å². The molecule has 0 saturated carbocycles. The van der Waals surface area contributed by atoms with Crippen LogP contribution in [0.3, 0.4) is 0 Å². The molecule has 0 aromatic heterocycles. The number of rotatable bonds is 8. The summed E-state index contributed by atoms with van der Waals surface area (Å²) in [5.41, 5.74) is 24.4. The number of hydrogen-bond acceptors (Lipinski definition) is 4. The Morgan fingerprint density at radius 1 is 0.455 bits per heavy atom. The van der Waals surface area contributed by atoms with E-state index in [1.165, 1.54) is 38.9 Å². The first-order valence-corrected chi connectivity index (χ1v) is 23.3. The highest BCUT2D eigenvalue weighted by atomic mass is 15.1. The third-order valence-corrected chi connectivity index (χ3v) is 14.3. The standard InChI is InChI=1S/C62H52N4/c1-35(2)41-9-15-45(16-10-41)65(49-27-37(5)25-38(6)28-49)47-19-23-53-55(31-47)51-21-13-43(33-63)57-59(51)61(53)58-44(34-64)14-22-52-56-32-48(20-24-54(56)62(57)60(52)58)66(50-29-39(7)26-40(8)30-50)46-17-11-42(12-18-46)36(3)4/h9-32,35-36,51,59H,1-8H3. The van der Waals surface area contributed by atoms with Gasteiger partial charge in [-0.05, 0) is 208 Å². The summed E-state index contributed by atoms with van der Waals surface area (Å²) in [5, 5.41) is 24.0. The van der Waals surface area contributed by atoms with Crippen LogP contribution < -0.4 is 20.2 Å². The van der Waals surface area contributed by atoms with Crippen LogP contribution >= 0.6 is 0 Å². The smallest absolute Gasteiger partial charge is 0.0998 e. The van der Waals surface area contributed by atoms with Gasteiger partial charge < -0.3 is 9.80 Å². The lowest BCUT2D eigenvalue weighted by Crippen LogP contribution is -2.39. The van der Waals surface area contributed by atoms with Crippen LogP contribution in [0.1, 0.15) is 101 Å². The number of benzene rings is 7. The molecule has 66 heavy (non-hydrogen) atoms. The topological polar surface area (TPSA) is 54.1 Å². The van der Waals surface area contributed by atoms with E-state index in [1.54, 1.807) is 0 Å². The Morgan fingerprint density at radius 3 is 1.47 bits per heavy atom. The zero-order valence-electron chi connectivity index (χ0n) is 39.0. The van der Waals surface area contributed by atoms with Gasteiger partial charge in [-0.3, -0.25) is 0 Å². The Morgan fingerprint density at radius 2 is 0.955 bits per heavy atom. The van der Waals surface area contributed by atoms with E-state index < -0.39 is 0 Å². The van der Waals surface area contributed by atoms with Gasteiger partial charge in [0.1, 0.15) is 0 Å². The number of nitrogens with zero attached hydrogens (tertiary/aromatic N) is 4. The van der Waals surface area contributed by atoms with Crippen molar-refractivity contribution in [2.75, 3.05) is 9.80 Å². The molecule has 0 spiro atoms. The summed E-state index contributed by atoms with van der Waals surface area (Å²) in [6.45, 7) is 17.6. The van der Waals surface area contributed by atoms with Crippen molar-refractivity contribution in [2.24, 2.45) is 5.92 Å². The highest BCUT2D eigenvalue weighted by molar-refractivity contribution is 6.04. The highest BCUT2D eigenvalue weighted by Gasteiger charge is 2.46. The van der Waals surface area contributed by atoms with Crippen LogP contribution in [0.5, 0.6) is 0 Å². The lowest BCUT2D eigenvalue weighted by molar-refractivity contribution is 0.717. The number of hydrogen-bond donors (Lipinski definition) is 0. The largest absolute Gasteiger partial charge is 0.310 e. The Balaban J connectivity index is 1.13. The molecular formula is C62H52N4. The van der Waals surface area contributed by atoms with Crippen molar-refractivity contribution < 1.29 is 0 Å². The first-order chi connectivity index (χ1) is 31.9. The van der Waals surface area contributed by atoms with Crippen molar-refractivity contribution >= 4 is 45.3 Å². The Labute approximate surface area is 389 Å². The van der Waals surface area contributed by atoms with Crippen molar-refractivity contribution in [3.8, 4) is 23.3 Å². The fraction of sp³-hybridized carbons (Fsp3) is 0.194. The van der Waals surface area contributed by atoms with E-state index in [-0.39, 0.29) is 11.8 Å². The quantitative estimate of drug-likeness (QED) is 0.153. The summed E-state index contributed by atoms with van der Waals surface area (Å²) in [7, 11) is 0. The predicted octanol–water partition coefficient (Wildman–Crippen LogP) is 14.5. The fourth-order valence-electron chi connectivity index (χ4n) is 11.5. The monoisotopic (exact) mass is 852 g/mol. The van der Waals surface area contributed by atoms with E-state index in [2.05, 4.69) is 217 Å².